The summed E-state index contributed by atoms with van der Waals surface area (Å²) in [5.41, 5.74) is 1.33. The zero-order chi connectivity index (χ0) is 14.5. The average molecular weight is 270 g/mol. The molecule has 0 spiro atoms. The Bertz CT molecular complexity index is 619. The van der Waals surface area contributed by atoms with Crippen molar-refractivity contribution in [3.63, 3.8) is 0 Å². The zero-order valence-corrected chi connectivity index (χ0v) is 10.9. The minimum Gasteiger partial charge on any atom is -0.480 e. The molecule has 102 valence electrons. The van der Waals surface area contributed by atoms with Gasteiger partial charge in [-0.2, -0.15) is 0 Å². The molecule has 20 heavy (non-hydrogen) atoms. The summed E-state index contributed by atoms with van der Waals surface area (Å²) in [5, 5.41) is 9.23. The Kier molecular flexibility index (Phi) is 4.15. The molecule has 0 radical (unpaired) electrons. The Balaban J connectivity index is 2.23. The maximum Gasteiger partial charge on any atom is 0.330 e. The molecule has 0 saturated carbocycles. The van der Waals surface area contributed by atoms with Gasteiger partial charge in [0.05, 0.1) is 0 Å². The van der Waals surface area contributed by atoms with E-state index in [1.165, 1.54) is 0 Å². The summed E-state index contributed by atoms with van der Waals surface area (Å²) in [7, 11) is 0. The van der Waals surface area contributed by atoms with E-state index in [0.717, 1.165) is 5.56 Å². The van der Waals surface area contributed by atoms with Crippen molar-refractivity contribution in [2.24, 2.45) is 0 Å². The number of esters is 1. The summed E-state index contributed by atoms with van der Waals surface area (Å²) in [6, 6.07) is 15.2. The predicted octanol–water partition coefficient (Wildman–Crippen LogP) is 2.77. The number of carbonyl (C=O) groups excluding carboxylic acids is 1. The second kappa shape index (κ2) is 6.02. The SMILES string of the molecule is Cc1cccc(OC(=O)[C@H](C(=O)O)c2ccccc2)c1. The molecule has 0 amide bonds. The first-order valence-electron chi connectivity index (χ1n) is 6.14. The number of carbonyl (C=O) groups is 2. The predicted molar refractivity (Wildman–Crippen MR) is 73.6 cm³/mol. The Labute approximate surface area is 116 Å². The van der Waals surface area contributed by atoms with Gasteiger partial charge in [0.1, 0.15) is 5.75 Å². The first-order valence-corrected chi connectivity index (χ1v) is 6.14. The van der Waals surface area contributed by atoms with Crippen LogP contribution in [0.4, 0.5) is 0 Å². The number of benzene rings is 2. The summed E-state index contributed by atoms with van der Waals surface area (Å²) in [6.07, 6.45) is 0. The zero-order valence-electron chi connectivity index (χ0n) is 10.9. The average Bonchev–Trinajstić information content (AvgIpc) is 2.39. The van der Waals surface area contributed by atoms with Crippen LogP contribution in [0.2, 0.25) is 0 Å². The number of rotatable bonds is 4. The van der Waals surface area contributed by atoms with Gasteiger partial charge in [-0.1, -0.05) is 42.5 Å². The van der Waals surface area contributed by atoms with Gasteiger partial charge in [-0.15, -0.1) is 0 Å². The van der Waals surface area contributed by atoms with Crippen molar-refractivity contribution in [2.75, 3.05) is 0 Å². The lowest BCUT2D eigenvalue weighted by Crippen LogP contribution is -2.26. The molecular formula is C16H14O4. The largest absolute Gasteiger partial charge is 0.480 e. The third kappa shape index (κ3) is 3.23. The van der Waals surface area contributed by atoms with E-state index < -0.39 is 17.9 Å². The molecule has 0 fully saturated rings. The van der Waals surface area contributed by atoms with Gasteiger partial charge in [0.2, 0.25) is 0 Å². The van der Waals surface area contributed by atoms with Gasteiger partial charge in [-0.3, -0.25) is 9.59 Å². The van der Waals surface area contributed by atoms with Crippen LogP contribution in [0.15, 0.2) is 54.6 Å². The molecule has 2 rings (SSSR count). The Morgan fingerprint density at radius 3 is 2.35 bits per heavy atom. The molecule has 0 aliphatic heterocycles. The van der Waals surface area contributed by atoms with Gasteiger partial charge in [0.15, 0.2) is 5.92 Å². The molecule has 0 bridgehead atoms. The lowest BCUT2D eigenvalue weighted by atomic mass is 10.00. The highest BCUT2D eigenvalue weighted by molar-refractivity contribution is 6.00. The van der Waals surface area contributed by atoms with Gasteiger partial charge >= 0.3 is 11.9 Å². The topological polar surface area (TPSA) is 63.6 Å². The lowest BCUT2D eigenvalue weighted by molar-refractivity contribution is -0.148. The van der Waals surface area contributed by atoms with Crippen molar-refractivity contribution >= 4 is 11.9 Å². The minimum absolute atomic E-state index is 0.345. The highest BCUT2D eigenvalue weighted by atomic mass is 16.5. The van der Waals surface area contributed by atoms with E-state index in [-0.39, 0.29) is 0 Å². The highest BCUT2D eigenvalue weighted by Gasteiger charge is 2.30. The van der Waals surface area contributed by atoms with Gasteiger partial charge < -0.3 is 9.84 Å². The molecule has 0 unspecified atom stereocenters. The van der Waals surface area contributed by atoms with E-state index in [1.807, 2.05) is 13.0 Å². The summed E-state index contributed by atoms with van der Waals surface area (Å²) in [6.45, 7) is 1.86. The normalized spacial score (nSPS) is 11.7. The van der Waals surface area contributed by atoms with Crippen LogP contribution in [0.3, 0.4) is 0 Å². The maximum atomic E-state index is 12.1. The number of hydrogen-bond donors (Lipinski definition) is 1. The van der Waals surface area contributed by atoms with Crippen LogP contribution in [0.25, 0.3) is 0 Å². The first kappa shape index (κ1) is 13.8. The fourth-order valence-corrected chi connectivity index (χ4v) is 1.88. The number of carboxylic acid groups (broad SMARTS) is 1. The second-order valence-electron chi connectivity index (χ2n) is 4.42. The van der Waals surface area contributed by atoms with E-state index in [0.29, 0.717) is 11.3 Å². The molecule has 4 nitrogen and oxygen atoms in total. The third-order valence-corrected chi connectivity index (χ3v) is 2.82. The molecule has 1 N–H and O–H groups in total. The highest BCUT2D eigenvalue weighted by Crippen LogP contribution is 2.20. The Hall–Kier alpha value is -2.62. The molecule has 0 aliphatic carbocycles. The van der Waals surface area contributed by atoms with Crippen LogP contribution in [-0.2, 0) is 9.59 Å². The quantitative estimate of drug-likeness (QED) is 0.527. The lowest BCUT2D eigenvalue weighted by Gasteiger charge is -2.12. The molecule has 0 heterocycles. The number of aryl methyl sites for hydroxylation is 1. The molecule has 1 atom stereocenters. The van der Waals surface area contributed by atoms with Crippen molar-refractivity contribution in [1.82, 2.24) is 0 Å². The van der Waals surface area contributed by atoms with Gasteiger partial charge in [0.25, 0.3) is 0 Å². The van der Waals surface area contributed by atoms with E-state index in [2.05, 4.69) is 0 Å². The Morgan fingerprint density at radius 1 is 1.05 bits per heavy atom. The number of ether oxygens (including phenoxy) is 1. The fraction of sp³-hybridized carbons (Fsp3) is 0.125. The Morgan fingerprint density at radius 2 is 1.75 bits per heavy atom. The minimum atomic E-state index is -1.32. The van der Waals surface area contributed by atoms with E-state index in [9.17, 15) is 14.7 Å². The van der Waals surface area contributed by atoms with Crippen molar-refractivity contribution in [3.05, 3.63) is 65.7 Å². The van der Waals surface area contributed by atoms with Crippen molar-refractivity contribution < 1.29 is 19.4 Å². The van der Waals surface area contributed by atoms with Crippen LogP contribution in [-0.4, -0.2) is 17.0 Å². The summed E-state index contributed by atoms with van der Waals surface area (Å²) >= 11 is 0. The van der Waals surface area contributed by atoms with E-state index in [1.54, 1.807) is 48.5 Å². The smallest absolute Gasteiger partial charge is 0.330 e. The molecule has 0 aromatic heterocycles. The summed E-state index contributed by atoms with van der Waals surface area (Å²) in [4.78, 5) is 23.4. The molecule has 0 aliphatic rings. The molecule has 4 heteroatoms. The molecule has 2 aromatic rings. The van der Waals surface area contributed by atoms with Crippen LogP contribution in [0.1, 0.15) is 17.0 Å². The van der Waals surface area contributed by atoms with Gasteiger partial charge in [-0.25, -0.2) is 0 Å². The van der Waals surface area contributed by atoms with Crippen LogP contribution in [0, 0.1) is 6.92 Å². The second-order valence-corrected chi connectivity index (χ2v) is 4.42. The number of hydrogen-bond acceptors (Lipinski definition) is 3. The van der Waals surface area contributed by atoms with E-state index in [4.69, 9.17) is 4.74 Å². The third-order valence-electron chi connectivity index (χ3n) is 2.82. The monoisotopic (exact) mass is 270 g/mol. The van der Waals surface area contributed by atoms with Crippen LogP contribution in [0.5, 0.6) is 5.75 Å². The number of carboxylic acids is 1. The maximum absolute atomic E-state index is 12.1. The molecule has 0 saturated heterocycles. The fourth-order valence-electron chi connectivity index (χ4n) is 1.88. The standard InChI is InChI=1S/C16H14O4/c1-11-6-5-9-13(10-11)20-16(19)14(15(17)18)12-7-3-2-4-8-12/h2-10,14H,1H3,(H,17,18)/t14-/m0/s1. The molecular weight excluding hydrogens is 256 g/mol. The van der Waals surface area contributed by atoms with Crippen molar-refractivity contribution in [1.29, 1.82) is 0 Å². The van der Waals surface area contributed by atoms with E-state index >= 15 is 0 Å². The summed E-state index contributed by atoms with van der Waals surface area (Å²) < 4.78 is 5.15. The summed E-state index contributed by atoms with van der Waals surface area (Å²) in [5.74, 6) is -3.00. The van der Waals surface area contributed by atoms with Crippen LogP contribution >= 0.6 is 0 Å². The van der Waals surface area contributed by atoms with Crippen LogP contribution < -0.4 is 4.74 Å². The van der Waals surface area contributed by atoms with Gasteiger partial charge in [0, 0.05) is 0 Å². The van der Waals surface area contributed by atoms with Gasteiger partial charge in [-0.05, 0) is 30.2 Å². The number of aliphatic carboxylic acids is 1. The first-order chi connectivity index (χ1) is 9.58. The van der Waals surface area contributed by atoms with Crippen molar-refractivity contribution in [2.45, 2.75) is 12.8 Å². The van der Waals surface area contributed by atoms with Crippen molar-refractivity contribution in [3.8, 4) is 5.75 Å². The molecule has 2 aromatic carbocycles.